The molecule has 0 spiro atoms. The molecule has 84 valence electrons. The first-order valence-electron chi connectivity index (χ1n) is 5.53. The molecular formula is C11H23NOS. The SMILES string of the molecule is CC(C)(C)OCCNC1CCCSC1. The van der Waals surface area contributed by atoms with Crippen molar-refractivity contribution in [1.82, 2.24) is 5.32 Å². The summed E-state index contributed by atoms with van der Waals surface area (Å²) in [6, 6.07) is 0.720. The molecule has 1 aliphatic heterocycles. The third-order valence-electron chi connectivity index (χ3n) is 2.23. The zero-order valence-electron chi connectivity index (χ0n) is 9.64. The molecule has 1 saturated heterocycles. The quantitative estimate of drug-likeness (QED) is 0.730. The molecule has 1 fully saturated rings. The fraction of sp³-hybridized carbons (Fsp3) is 1.00. The van der Waals surface area contributed by atoms with Gasteiger partial charge in [-0.1, -0.05) is 0 Å². The molecule has 3 heteroatoms. The predicted octanol–water partition coefficient (Wildman–Crippen LogP) is 2.29. The van der Waals surface area contributed by atoms with Gasteiger partial charge in [0, 0.05) is 18.3 Å². The predicted molar refractivity (Wildman–Crippen MR) is 64.1 cm³/mol. The van der Waals surface area contributed by atoms with Crippen LogP contribution in [0, 0.1) is 0 Å². The first-order chi connectivity index (χ1) is 6.58. The van der Waals surface area contributed by atoms with Crippen molar-refractivity contribution in [2.24, 2.45) is 0 Å². The average Bonchev–Trinajstić information content (AvgIpc) is 2.13. The Balaban J connectivity index is 1.97. The first kappa shape index (κ1) is 12.3. The van der Waals surface area contributed by atoms with Gasteiger partial charge in [-0.05, 0) is 39.4 Å². The highest BCUT2D eigenvalue weighted by molar-refractivity contribution is 7.99. The Kier molecular flexibility index (Phi) is 5.28. The minimum atomic E-state index is 0.00297. The van der Waals surface area contributed by atoms with E-state index in [9.17, 15) is 0 Å². The maximum Gasteiger partial charge on any atom is 0.0599 e. The van der Waals surface area contributed by atoms with Crippen LogP contribution < -0.4 is 5.32 Å². The minimum absolute atomic E-state index is 0.00297. The summed E-state index contributed by atoms with van der Waals surface area (Å²) in [5.41, 5.74) is 0.00297. The van der Waals surface area contributed by atoms with E-state index >= 15 is 0 Å². The van der Waals surface area contributed by atoms with Crippen LogP contribution in [0.2, 0.25) is 0 Å². The molecule has 1 unspecified atom stereocenters. The van der Waals surface area contributed by atoms with E-state index in [0.29, 0.717) is 0 Å². The van der Waals surface area contributed by atoms with E-state index in [0.717, 1.165) is 19.2 Å². The van der Waals surface area contributed by atoms with Crippen LogP contribution in [0.1, 0.15) is 33.6 Å². The van der Waals surface area contributed by atoms with Gasteiger partial charge in [0.15, 0.2) is 0 Å². The molecule has 1 aliphatic rings. The van der Waals surface area contributed by atoms with Gasteiger partial charge in [0.1, 0.15) is 0 Å². The molecule has 1 rings (SSSR count). The fourth-order valence-corrected chi connectivity index (χ4v) is 2.63. The van der Waals surface area contributed by atoms with Crippen molar-refractivity contribution < 1.29 is 4.74 Å². The molecule has 0 amide bonds. The van der Waals surface area contributed by atoms with Crippen LogP contribution >= 0.6 is 11.8 Å². The number of thioether (sulfide) groups is 1. The van der Waals surface area contributed by atoms with Crippen molar-refractivity contribution in [2.75, 3.05) is 24.7 Å². The first-order valence-corrected chi connectivity index (χ1v) is 6.68. The number of nitrogens with one attached hydrogen (secondary N) is 1. The number of hydrogen-bond acceptors (Lipinski definition) is 3. The summed E-state index contributed by atoms with van der Waals surface area (Å²) in [7, 11) is 0. The molecule has 2 nitrogen and oxygen atoms in total. The smallest absolute Gasteiger partial charge is 0.0599 e. The molecule has 14 heavy (non-hydrogen) atoms. The molecule has 1 heterocycles. The Morgan fingerprint density at radius 1 is 1.43 bits per heavy atom. The van der Waals surface area contributed by atoms with Crippen LogP contribution in [0.3, 0.4) is 0 Å². The van der Waals surface area contributed by atoms with Crippen LogP contribution in [-0.2, 0) is 4.74 Å². The van der Waals surface area contributed by atoms with Gasteiger partial charge in [0.2, 0.25) is 0 Å². The molecule has 1 atom stereocenters. The molecule has 0 bridgehead atoms. The summed E-state index contributed by atoms with van der Waals surface area (Å²) in [5.74, 6) is 2.62. The summed E-state index contributed by atoms with van der Waals surface area (Å²) in [5, 5.41) is 3.55. The zero-order chi connectivity index (χ0) is 10.4. The number of hydrogen-bond donors (Lipinski definition) is 1. The van der Waals surface area contributed by atoms with Gasteiger partial charge in [0.05, 0.1) is 12.2 Å². The van der Waals surface area contributed by atoms with Gasteiger partial charge in [-0.3, -0.25) is 0 Å². The summed E-state index contributed by atoms with van der Waals surface area (Å²) < 4.78 is 5.65. The minimum Gasteiger partial charge on any atom is -0.375 e. The van der Waals surface area contributed by atoms with Crippen molar-refractivity contribution in [2.45, 2.75) is 45.3 Å². The molecule has 1 N–H and O–H groups in total. The Labute approximate surface area is 92.2 Å². The second-order valence-electron chi connectivity index (χ2n) is 4.83. The second kappa shape index (κ2) is 5.99. The van der Waals surface area contributed by atoms with E-state index in [1.54, 1.807) is 0 Å². The second-order valence-corrected chi connectivity index (χ2v) is 5.98. The zero-order valence-corrected chi connectivity index (χ0v) is 10.5. The molecular weight excluding hydrogens is 194 g/mol. The molecule has 0 aliphatic carbocycles. The van der Waals surface area contributed by atoms with Gasteiger partial charge >= 0.3 is 0 Å². The van der Waals surface area contributed by atoms with E-state index in [1.807, 2.05) is 0 Å². The lowest BCUT2D eigenvalue weighted by atomic mass is 10.2. The summed E-state index contributed by atoms with van der Waals surface area (Å²) in [6.45, 7) is 8.11. The lowest BCUT2D eigenvalue weighted by Gasteiger charge is -2.24. The maximum atomic E-state index is 5.65. The summed E-state index contributed by atoms with van der Waals surface area (Å²) >= 11 is 2.06. The average molecular weight is 217 g/mol. The van der Waals surface area contributed by atoms with Crippen LogP contribution in [0.15, 0.2) is 0 Å². The Hall–Kier alpha value is 0.270. The van der Waals surface area contributed by atoms with Crippen molar-refractivity contribution in [3.63, 3.8) is 0 Å². The summed E-state index contributed by atoms with van der Waals surface area (Å²) in [6.07, 6.45) is 2.70. The third kappa shape index (κ3) is 5.89. The van der Waals surface area contributed by atoms with Crippen LogP contribution in [0.4, 0.5) is 0 Å². The number of ether oxygens (including phenoxy) is 1. The van der Waals surface area contributed by atoms with E-state index in [-0.39, 0.29) is 5.60 Å². The lowest BCUT2D eigenvalue weighted by molar-refractivity contribution is -0.00152. The van der Waals surface area contributed by atoms with E-state index < -0.39 is 0 Å². The van der Waals surface area contributed by atoms with Crippen LogP contribution in [-0.4, -0.2) is 36.3 Å². The molecule has 0 saturated carbocycles. The molecule has 0 aromatic carbocycles. The monoisotopic (exact) mass is 217 g/mol. The van der Waals surface area contributed by atoms with E-state index in [4.69, 9.17) is 4.74 Å². The molecule has 0 aromatic heterocycles. The van der Waals surface area contributed by atoms with Gasteiger partial charge in [-0.15, -0.1) is 0 Å². The molecule has 0 aromatic rings. The lowest BCUT2D eigenvalue weighted by Crippen LogP contribution is -2.37. The highest BCUT2D eigenvalue weighted by atomic mass is 32.2. The topological polar surface area (TPSA) is 21.3 Å². The van der Waals surface area contributed by atoms with Crippen LogP contribution in [0.25, 0.3) is 0 Å². The third-order valence-corrected chi connectivity index (χ3v) is 3.45. The standard InChI is InChI=1S/C11H23NOS/c1-11(2,3)13-7-6-12-10-5-4-8-14-9-10/h10,12H,4-9H2,1-3H3. The van der Waals surface area contributed by atoms with Crippen molar-refractivity contribution in [3.05, 3.63) is 0 Å². The largest absolute Gasteiger partial charge is 0.375 e. The Morgan fingerprint density at radius 3 is 2.79 bits per heavy atom. The Morgan fingerprint density at radius 2 is 2.21 bits per heavy atom. The van der Waals surface area contributed by atoms with E-state index in [2.05, 4.69) is 37.8 Å². The van der Waals surface area contributed by atoms with Crippen molar-refractivity contribution >= 4 is 11.8 Å². The summed E-state index contributed by atoms with van der Waals surface area (Å²) in [4.78, 5) is 0. The maximum absolute atomic E-state index is 5.65. The number of rotatable bonds is 4. The highest BCUT2D eigenvalue weighted by Crippen LogP contribution is 2.16. The van der Waals surface area contributed by atoms with Gasteiger partial charge < -0.3 is 10.1 Å². The van der Waals surface area contributed by atoms with Gasteiger partial charge in [-0.2, -0.15) is 11.8 Å². The molecule has 0 radical (unpaired) electrons. The van der Waals surface area contributed by atoms with Crippen molar-refractivity contribution in [3.8, 4) is 0 Å². The highest BCUT2D eigenvalue weighted by Gasteiger charge is 2.13. The van der Waals surface area contributed by atoms with Gasteiger partial charge in [0.25, 0.3) is 0 Å². The van der Waals surface area contributed by atoms with E-state index in [1.165, 1.54) is 24.3 Å². The van der Waals surface area contributed by atoms with Crippen LogP contribution in [0.5, 0.6) is 0 Å². The Bertz CT molecular complexity index is 150. The van der Waals surface area contributed by atoms with Crippen molar-refractivity contribution in [1.29, 1.82) is 0 Å². The fourth-order valence-electron chi connectivity index (χ4n) is 1.52. The van der Waals surface area contributed by atoms with Gasteiger partial charge in [-0.25, -0.2) is 0 Å². The normalized spacial score (nSPS) is 23.8.